The number of carbonyl (C=O) groups is 2. The first-order valence-corrected chi connectivity index (χ1v) is 11.5. The van der Waals surface area contributed by atoms with E-state index in [0.29, 0.717) is 24.4 Å². The van der Waals surface area contributed by atoms with Gasteiger partial charge in [0.2, 0.25) is 0 Å². The number of imide groups is 1. The second-order valence-corrected chi connectivity index (χ2v) is 8.79. The predicted octanol–water partition coefficient (Wildman–Crippen LogP) is 5.02. The largest absolute Gasteiger partial charge is 0.362 e. The van der Waals surface area contributed by atoms with Gasteiger partial charge in [-0.05, 0) is 54.5 Å². The van der Waals surface area contributed by atoms with Gasteiger partial charge in [0.15, 0.2) is 0 Å². The van der Waals surface area contributed by atoms with Crippen LogP contribution in [0.25, 0.3) is 5.57 Å². The van der Waals surface area contributed by atoms with Crippen LogP contribution in [-0.2, 0) is 22.6 Å². The molecule has 2 heterocycles. The maximum atomic E-state index is 13.5. The lowest BCUT2D eigenvalue weighted by Gasteiger charge is -2.31. The van der Waals surface area contributed by atoms with Gasteiger partial charge in [0.05, 0.1) is 5.57 Å². The molecule has 2 aliphatic heterocycles. The van der Waals surface area contributed by atoms with Crippen molar-refractivity contribution >= 4 is 17.4 Å². The molecule has 2 aliphatic rings. The molecule has 4 nitrogen and oxygen atoms in total. The first kappa shape index (κ1) is 21.4. The molecule has 31 heavy (non-hydrogen) atoms. The van der Waals surface area contributed by atoms with E-state index in [1.807, 2.05) is 24.3 Å². The van der Waals surface area contributed by atoms with Gasteiger partial charge < -0.3 is 4.90 Å². The van der Waals surface area contributed by atoms with E-state index in [-0.39, 0.29) is 11.8 Å². The van der Waals surface area contributed by atoms with Gasteiger partial charge in [-0.2, -0.15) is 0 Å². The lowest BCUT2D eigenvalue weighted by Crippen LogP contribution is -2.37. The summed E-state index contributed by atoms with van der Waals surface area (Å²) in [6.45, 7) is 8.21. The Morgan fingerprint density at radius 3 is 2.39 bits per heavy atom. The van der Waals surface area contributed by atoms with Crippen molar-refractivity contribution in [1.82, 2.24) is 9.80 Å². The third-order valence-corrected chi connectivity index (χ3v) is 6.62. The minimum Gasteiger partial charge on any atom is -0.362 e. The number of aryl methyl sites for hydroxylation is 2. The number of hydrogen-bond acceptors (Lipinski definition) is 3. The van der Waals surface area contributed by atoms with Crippen molar-refractivity contribution in [2.75, 3.05) is 13.1 Å². The summed E-state index contributed by atoms with van der Waals surface area (Å²) in [5, 5.41) is 0. The van der Waals surface area contributed by atoms with Crippen LogP contribution in [0.5, 0.6) is 0 Å². The number of amides is 2. The highest BCUT2D eigenvalue weighted by Crippen LogP contribution is 2.35. The standard InChI is InChI=1S/C27H32N2O2/c1-4-5-6-9-15-29-26(30)24(22-13-12-19(2)20(3)17-22)25(27(29)31)28-16-14-21-10-7-8-11-23(21)18-28/h7-8,10-13,17H,4-6,9,14-16,18H2,1-3H3. The lowest BCUT2D eigenvalue weighted by atomic mass is 9.96. The predicted molar refractivity (Wildman–Crippen MR) is 124 cm³/mol. The summed E-state index contributed by atoms with van der Waals surface area (Å²) < 4.78 is 0. The average Bonchev–Trinajstić information content (AvgIpc) is 3.02. The molecule has 162 valence electrons. The maximum absolute atomic E-state index is 13.5. The highest BCUT2D eigenvalue weighted by Gasteiger charge is 2.41. The normalized spacial score (nSPS) is 16.4. The van der Waals surface area contributed by atoms with Crippen LogP contribution in [0, 0.1) is 13.8 Å². The number of rotatable bonds is 7. The highest BCUT2D eigenvalue weighted by atomic mass is 16.2. The molecule has 0 fully saturated rings. The molecular formula is C27H32N2O2. The summed E-state index contributed by atoms with van der Waals surface area (Å²) in [6, 6.07) is 14.5. The van der Waals surface area contributed by atoms with Crippen molar-refractivity contribution < 1.29 is 9.59 Å². The summed E-state index contributed by atoms with van der Waals surface area (Å²) >= 11 is 0. The molecule has 0 saturated heterocycles. The number of carbonyl (C=O) groups excluding carboxylic acids is 2. The SMILES string of the molecule is CCCCCCN1C(=O)C(c2ccc(C)c(C)c2)=C(N2CCc3ccccc3C2)C1=O. The van der Waals surface area contributed by atoms with Crippen LogP contribution in [-0.4, -0.2) is 34.7 Å². The molecule has 2 amide bonds. The lowest BCUT2D eigenvalue weighted by molar-refractivity contribution is -0.137. The highest BCUT2D eigenvalue weighted by molar-refractivity contribution is 6.35. The van der Waals surface area contributed by atoms with E-state index >= 15 is 0 Å². The Bertz CT molecular complexity index is 1040. The van der Waals surface area contributed by atoms with Crippen LogP contribution in [0.1, 0.15) is 60.4 Å². The molecule has 0 N–H and O–H groups in total. The molecule has 4 heteroatoms. The van der Waals surface area contributed by atoms with Gasteiger partial charge in [-0.15, -0.1) is 0 Å². The van der Waals surface area contributed by atoms with Gasteiger partial charge in [-0.3, -0.25) is 14.5 Å². The number of unbranched alkanes of at least 4 members (excludes halogenated alkanes) is 3. The van der Waals surface area contributed by atoms with Gasteiger partial charge >= 0.3 is 0 Å². The molecule has 2 aromatic rings. The number of benzene rings is 2. The fraction of sp³-hybridized carbons (Fsp3) is 0.407. The van der Waals surface area contributed by atoms with Gasteiger partial charge in [0, 0.05) is 19.6 Å². The summed E-state index contributed by atoms with van der Waals surface area (Å²) in [4.78, 5) is 30.6. The van der Waals surface area contributed by atoms with Crippen LogP contribution in [0.15, 0.2) is 48.2 Å². The molecular weight excluding hydrogens is 384 g/mol. The van der Waals surface area contributed by atoms with Gasteiger partial charge in [0.1, 0.15) is 5.70 Å². The van der Waals surface area contributed by atoms with E-state index in [1.165, 1.54) is 21.6 Å². The van der Waals surface area contributed by atoms with Crippen molar-refractivity contribution in [3.8, 4) is 0 Å². The minimum absolute atomic E-state index is 0.130. The zero-order valence-electron chi connectivity index (χ0n) is 18.9. The third-order valence-electron chi connectivity index (χ3n) is 6.62. The number of nitrogens with zero attached hydrogens (tertiary/aromatic N) is 2. The van der Waals surface area contributed by atoms with Gasteiger partial charge in [-0.25, -0.2) is 0 Å². The van der Waals surface area contributed by atoms with Crippen LogP contribution in [0.2, 0.25) is 0 Å². The van der Waals surface area contributed by atoms with Gasteiger partial charge in [0.25, 0.3) is 11.8 Å². The Kier molecular flexibility index (Phi) is 6.26. The molecule has 0 aliphatic carbocycles. The zero-order chi connectivity index (χ0) is 22.0. The average molecular weight is 417 g/mol. The topological polar surface area (TPSA) is 40.6 Å². The van der Waals surface area contributed by atoms with Crippen LogP contribution < -0.4 is 0 Å². The third kappa shape index (κ3) is 4.16. The fourth-order valence-electron chi connectivity index (χ4n) is 4.60. The summed E-state index contributed by atoms with van der Waals surface area (Å²) in [7, 11) is 0. The minimum atomic E-state index is -0.140. The quantitative estimate of drug-likeness (QED) is 0.470. The molecule has 0 aromatic heterocycles. The smallest absolute Gasteiger partial charge is 0.277 e. The van der Waals surface area contributed by atoms with E-state index < -0.39 is 0 Å². The molecule has 0 saturated carbocycles. The first-order chi connectivity index (χ1) is 15.0. The molecule has 0 unspecified atom stereocenters. The van der Waals surface area contributed by atoms with Crippen LogP contribution >= 0.6 is 0 Å². The van der Waals surface area contributed by atoms with Crippen molar-refractivity contribution in [2.45, 2.75) is 59.4 Å². The molecule has 0 radical (unpaired) electrons. The second-order valence-electron chi connectivity index (χ2n) is 8.79. The fourth-order valence-corrected chi connectivity index (χ4v) is 4.60. The first-order valence-electron chi connectivity index (χ1n) is 11.5. The molecule has 2 aromatic carbocycles. The van der Waals surface area contributed by atoms with E-state index in [0.717, 1.165) is 49.8 Å². The summed E-state index contributed by atoms with van der Waals surface area (Å²) in [5.74, 6) is -0.271. The summed E-state index contributed by atoms with van der Waals surface area (Å²) in [6.07, 6.45) is 5.05. The Morgan fingerprint density at radius 2 is 1.65 bits per heavy atom. The van der Waals surface area contributed by atoms with E-state index in [1.54, 1.807) is 0 Å². The summed E-state index contributed by atoms with van der Waals surface area (Å²) in [5.41, 5.74) is 6.90. The Morgan fingerprint density at radius 1 is 0.871 bits per heavy atom. The Hall–Kier alpha value is -2.88. The monoisotopic (exact) mass is 416 g/mol. The van der Waals surface area contributed by atoms with Crippen LogP contribution in [0.3, 0.4) is 0 Å². The van der Waals surface area contributed by atoms with E-state index in [2.05, 4.69) is 43.9 Å². The maximum Gasteiger partial charge on any atom is 0.277 e. The number of hydrogen-bond donors (Lipinski definition) is 0. The Labute approximate surface area is 185 Å². The number of fused-ring (bicyclic) bond motifs is 1. The second kappa shape index (κ2) is 9.09. The van der Waals surface area contributed by atoms with Crippen molar-refractivity contribution in [2.24, 2.45) is 0 Å². The molecule has 0 spiro atoms. The zero-order valence-corrected chi connectivity index (χ0v) is 18.9. The van der Waals surface area contributed by atoms with Gasteiger partial charge in [-0.1, -0.05) is 68.7 Å². The molecule has 0 bridgehead atoms. The van der Waals surface area contributed by atoms with E-state index in [9.17, 15) is 9.59 Å². The molecule has 0 atom stereocenters. The van der Waals surface area contributed by atoms with Crippen molar-refractivity contribution in [1.29, 1.82) is 0 Å². The molecule has 4 rings (SSSR count). The van der Waals surface area contributed by atoms with Crippen molar-refractivity contribution in [3.63, 3.8) is 0 Å². The van der Waals surface area contributed by atoms with E-state index in [4.69, 9.17) is 0 Å². The Balaban J connectivity index is 1.71. The van der Waals surface area contributed by atoms with Crippen molar-refractivity contribution in [3.05, 3.63) is 76.0 Å². The van der Waals surface area contributed by atoms with Crippen LogP contribution in [0.4, 0.5) is 0 Å².